The molecule has 686 valence electrons. The van der Waals surface area contributed by atoms with Crippen LogP contribution in [-0.2, 0) is 21.7 Å². The Kier molecular flexibility index (Phi) is 24.5. The molecule has 0 fully saturated rings. The van der Waals surface area contributed by atoms with Crippen LogP contribution in [0.4, 0.5) is 0 Å². The van der Waals surface area contributed by atoms with Gasteiger partial charge in [0.25, 0.3) is 0 Å². The Morgan fingerprint density at radius 3 is 0.579 bits per heavy atom. The van der Waals surface area contributed by atoms with E-state index in [0.29, 0.717) is 0 Å². The van der Waals surface area contributed by atoms with Gasteiger partial charge in [-0.2, -0.15) is 0 Å². The van der Waals surface area contributed by atoms with Crippen molar-refractivity contribution >= 4 is 53.9 Å². The molecule has 140 heavy (non-hydrogen) atoms. The molecular formula is C140H126. The number of fused-ring (bicyclic) bond motifs is 24. The highest BCUT2D eigenvalue weighted by Gasteiger charge is 2.52. The Bertz CT molecular complexity index is 7960. The Labute approximate surface area is 830 Å². The smallest absolute Gasteiger partial charge is 0.0619 e. The van der Waals surface area contributed by atoms with Crippen LogP contribution in [0.1, 0.15) is 175 Å². The van der Waals surface area contributed by atoms with Crippen molar-refractivity contribution in [3.05, 3.63) is 534 Å². The zero-order chi connectivity index (χ0) is 97.5. The molecular weight excluding hydrogens is 1680 g/mol. The van der Waals surface area contributed by atoms with Gasteiger partial charge in [0.1, 0.15) is 0 Å². The molecule has 21 aromatic rings. The zero-order valence-corrected chi connectivity index (χ0v) is 85.1. The molecule has 5 aliphatic carbocycles. The lowest BCUT2D eigenvalue weighted by molar-refractivity contribution is 0.651. The van der Waals surface area contributed by atoms with Crippen LogP contribution in [-0.4, -0.2) is 0 Å². The van der Waals surface area contributed by atoms with Crippen LogP contribution in [0.2, 0.25) is 0 Å². The average Bonchev–Trinajstić information content (AvgIpc) is 1.50. The lowest BCUT2D eigenvalue weighted by Crippen LogP contribution is -2.26. The summed E-state index contributed by atoms with van der Waals surface area (Å²) in [6.45, 7) is 44.5. The predicted molar refractivity (Wildman–Crippen MR) is 604 cm³/mol. The van der Waals surface area contributed by atoms with Gasteiger partial charge in [-0.3, -0.25) is 0 Å². The first kappa shape index (κ1) is 92.6. The molecule has 0 N–H and O–H groups in total. The summed E-state index contributed by atoms with van der Waals surface area (Å²) in [6, 6.07) is 147. The molecule has 0 aliphatic heterocycles. The molecule has 0 radical (unpaired) electrons. The molecule has 21 aromatic carbocycles. The van der Waals surface area contributed by atoms with Gasteiger partial charge in [0.15, 0.2) is 0 Å². The van der Waals surface area contributed by atoms with Gasteiger partial charge in [-0.15, -0.1) is 0 Å². The molecule has 0 amide bonds. The fraction of sp³-hybridized carbons (Fsp3) is 0.171. The largest absolute Gasteiger partial charge is 0.0725 e. The van der Waals surface area contributed by atoms with Crippen LogP contribution in [0.5, 0.6) is 0 Å². The summed E-state index contributed by atoms with van der Waals surface area (Å²) in [7, 11) is 0. The molecule has 0 aromatic heterocycles. The minimum atomic E-state index is -0.199. The Morgan fingerprint density at radius 2 is 0.300 bits per heavy atom. The van der Waals surface area contributed by atoms with Crippen molar-refractivity contribution in [2.24, 2.45) is 0 Å². The molecule has 26 rings (SSSR count). The summed E-state index contributed by atoms with van der Waals surface area (Å²) in [6.07, 6.45) is 0. The Balaban J connectivity index is 0.000000102. The summed E-state index contributed by atoms with van der Waals surface area (Å²) < 4.78 is 0. The number of benzene rings is 21. The van der Waals surface area contributed by atoms with Crippen LogP contribution >= 0.6 is 0 Å². The van der Waals surface area contributed by atoms with Crippen LogP contribution < -0.4 is 0 Å². The monoisotopic (exact) mass is 1810 g/mol. The van der Waals surface area contributed by atoms with Crippen LogP contribution in [0.3, 0.4) is 0 Å². The van der Waals surface area contributed by atoms with Crippen molar-refractivity contribution in [3.63, 3.8) is 0 Å². The first-order valence-corrected chi connectivity index (χ1v) is 50.1. The molecule has 0 unspecified atom stereocenters. The fourth-order valence-corrected chi connectivity index (χ4v) is 23.4. The minimum absolute atomic E-state index is 0.0588. The third-order valence-corrected chi connectivity index (χ3v) is 31.1. The highest BCUT2D eigenvalue weighted by molar-refractivity contribution is 6.08. The molecule has 0 nitrogen and oxygen atoms in total. The molecule has 0 saturated heterocycles. The fourth-order valence-electron chi connectivity index (χ4n) is 23.4. The molecule has 0 atom stereocenters. The van der Waals surface area contributed by atoms with E-state index < -0.39 is 0 Å². The van der Waals surface area contributed by atoms with E-state index in [4.69, 9.17) is 0 Å². The third kappa shape index (κ3) is 16.5. The van der Waals surface area contributed by atoms with Crippen molar-refractivity contribution in [2.45, 2.75) is 160 Å². The molecule has 0 heteroatoms. The minimum Gasteiger partial charge on any atom is -0.0619 e. The zero-order valence-electron chi connectivity index (χ0n) is 85.1. The van der Waals surface area contributed by atoms with Gasteiger partial charge in [0.2, 0.25) is 0 Å². The summed E-state index contributed by atoms with van der Waals surface area (Å²) in [5.41, 5.74) is 55.1. The summed E-state index contributed by atoms with van der Waals surface area (Å²) in [5.74, 6) is 0. The standard InChI is InChI=1S/C27H20.C26H26.C22H18.2C18H16.C17H18.C12H12/c1-17-11-13-21-22-14-12-18(2)16-26(22)27(25(21)15-17)23-9-5-3-7-19(23)20-8-4-6-10-24(20)27;1-15-7-9-17-19-13-24-20(14-23(19)25(3,4)21(17)11-15)18-10-8-16(2)12-22(18)26(24,5)6;1-15-11-13-21(19-9-5-3-7-17(15)19)22-14-12-16(2)18-8-4-6-10-20(18)22;2*1-13-7-10-15(11-8-13)17-12-9-14(2)16-5-3-4-6-18(16)17;1-11-5-7-13-14-8-6-12(2)10-16(14)17(3,4)15(13)9-11;1-9-7-8-10(2)12-6-4-3-5-11(9)12/h3-16H,1-2H3;7-14H,1-6H3;3-14H,1-2H3;2*3-12H,1-2H3;5-10H,1-4H3;3-8H,1-2H3. The number of hydrogen-bond acceptors (Lipinski definition) is 0. The van der Waals surface area contributed by atoms with Gasteiger partial charge < -0.3 is 0 Å². The van der Waals surface area contributed by atoms with Gasteiger partial charge in [-0.1, -0.05) is 474 Å². The summed E-state index contributed by atoms with van der Waals surface area (Å²) in [4.78, 5) is 0. The molecule has 1 spiro atoms. The van der Waals surface area contributed by atoms with E-state index in [-0.39, 0.29) is 21.7 Å². The molecule has 0 saturated carbocycles. The van der Waals surface area contributed by atoms with Crippen LogP contribution in [0.25, 0.3) is 143 Å². The predicted octanol–water partition coefficient (Wildman–Crippen LogP) is 38.2. The van der Waals surface area contributed by atoms with Crippen molar-refractivity contribution < 1.29 is 0 Å². The van der Waals surface area contributed by atoms with E-state index in [2.05, 4.69) is 539 Å². The number of hydrogen-bond donors (Lipinski definition) is 0. The lowest BCUT2D eigenvalue weighted by Gasteiger charge is -2.30. The molecule has 0 heterocycles. The van der Waals surface area contributed by atoms with E-state index in [0.717, 1.165) is 0 Å². The van der Waals surface area contributed by atoms with E-state index in [1.807, 2.05) is 0 Å². The first-order chi connectivity index (χ1) is 67.5. The maximum absolute atomic E-state index is 2.49. The summed E-state index contributed by atoms with van der Waals surface area (Å²) >= 11 is 0. The average molecular weight is 1810 g/mol. The Hall–Kier alpha value is -15.1. The number of rotatable bonds is 3. The molecule has 0 bridgehead atoms. The van der Waals surface area contributed by atoms with Gasteiger partial charge in [-0.25, -0.2) is 0 Å². The van der Waals surface area contributed by atoms with Crippen LogP contribution in [0, 0.1) is 96.9 Å². The first-order valence-electron chi connectivity index (χ1n) is 50.1. The van der Waals surface area contributed by atoms with Crippen molar-refractivity contribution in [1.82, 2.24) is 0 Å². The van der Waals surface area contributed by atoms with E-state index >= 15 is 0 Å². The number of aryl methyl sites for hydroxylation is 14. The second-order valence-corrected chi connectivity index (χ2v) is 41.8. The van der Waals surface area contributed by atoms with E-state index in [1.54, 1.807) is 0 Å². The maximum atomic E-state index is 2.49. The van der Waals surface area contributed by atoms with Crippen LogP contribution in [0.15, 0.2) is 400 Å². The highest BCUT2D eigenvalue weighted by atomic mass is 14.5. The topological polar surface area (TPSA) is 0 Å². The van der Waals surface area contributed by atoms with Gasteiger partial charge in [0, 0.05) is 16.2 Å². The van der Waals surface area contributed by atoms with E-state index in [1.165, 1.54) is 276 Å². The van der Waals surface area contributed by atoms with E-state index in [9.17, 15) is 0 Å². The van der Waals surface area contributed by atoms with Crippen molar-refractivity contribution in [1.29, 1.82) is 0 Å². The van der Waals surface area contributed by atoms with Gasteiger partial charge >= 0.3 is 0 Å². The van der Waals surface area contributed by atoms with Crippen molar-refractivity contribution in [3.8, 4) is 89.0 Å². The highest BCUT2D eigenvalue weighted by Crippen LogP contribution is 2.64. The lowest BCUT2D eigenvalue weighted by atomic mass is 9.70. The second kappa shape index (κ2) is 37.0. The Morgan fingerprint density at radius 1 is 0.121 bits per heavy atom. The quantitative estimate of drug-likeness (QED) is 0.165. The normalized spacial score (nSPS) is 13.4. The maximum Gasteiger partial charge on any atom is 0.0725 e. The third-order valence-electron chi connectivity index (χ3n) is 31.1. The SMILES string of the molecule is Cc1ccc(-c2ccc(C)c3ccccc23)c2ccccc12.Cc1ccc(-c2ccc(C)c3ccccc23)cc1.Cc1ccc(-c2ccc(C)c3ccccc23)cc1.Cc1ccc(C)c2ccccc12.Cc1ccc2c(c1)C(C)(C)c1cc(C)ccc1-2.Cc1ccc2c(c1)C(C)(C)c1cc3c(cc1-2)C(C)(C)c1cc(C)ccc1-3.Cc1ccc2c(c1)C1(c3ccccc3-c3ccccc31)c1cc(C)ccc1-2. The molecule has 5 aliphatic rings. The van der Waals surface area contributed by atoms with Crippen molar-refractivity contribution in [2.75, 3.05) is 0 Å². The summed E-state index contributed by atoms with van der Waals surface area (Å²) in [5, 5.41) is 13.4. The van der Waals surface area contributed by atoms with Gasteiger partial charge in [0.05, 0.1) is 5.41 Å². The van der Waals surface area contributed by atoms with Gasteiger partial charge in [-0.05, 0) is 341 Å². The second-order valence-electron chi connectivity index (χ2n) is 41.8.